The summed E-state index contributed by atoms with van der Waals surface area (Å²) in [7, 11) is 1.91. The number of anilines is 2. The smallest absolute Gasteiger partial charge is 0.182 e. The molecule has 1 aromatic heterocycles. The van der Waals surface area contributed by atoms with E-state index < -0.39 is 0 Å². The average molecular weight is 466 g/mol. The van der Waals surface area contributed by atoms with Gasteiger partial charge in [0.15, 0.2) is 5.13 Å². The van der Waals surface area contributed by atoms with Gasteiger partial charge in [-0.05, 0) is 79.3 Å². The molecule has 1 unspecified atom stereocenters. The largest absolute Gasteiger partial charge is 0.365 e. The first-order valence-corrected chi connectivity index (χ1v) is 13.1. The van der Waals surface area contributed by atoms with Crippen molar-refractivity contribution in [3.63, 3.8) is 0 Å². The van der Waals surface area contributed by atoms with E-state index in [2.05, 4.69) is 62.9 Å². The van der Waals surface area contributed by atoms with Crippen LogP contribution in [0.2, 0.25) is 0 Å². The molecule has 0 spiro atoms. The molecule has 168 valence electrons. The van der Waals surface area contributed by atoms with Crippen LogP contribution in [0.15, 0.2) is 63.9 Å². The van der Waals surface area contributed by atoms with Gasteiger partial charge in [0, 0.05) is 28.6 Å². The number of carbonyl (C=O) groups is 1. The molecule has 2 bridgehead atoms. The number of fused-ring (bicyclic) bond motifs is 2. The Bertz CT molecular complexity index is 1030. The highest BCUT2D eigenvalue weighted by molar-refractivity contribution is 8.04. The first-order chi connectivity index (χ1) is 15.7. The first kappa shape index (κ1) is 22.9. The van der Waals surface area contributed by atoms with Crippen molar-refractivity contribution in [1.29, 1.82) is 0 Å². The molecule has 1 saturated carbocycles. The van der Waals surface area contributed by atoms with E-state index in [4.69, 9.17) is 4.79 Å². The molecule has 2 aromatic rings. The fourth-order valence-electron chi connectivity index (χ4n) is 4.69. The van der Waals surface area contributed by atoms with Crippen LogP contribution in [0.1, 0.15) is 45.4 Å². The SMILES string of the molecule is CC=O.CNc1nc(-c2cccc(NSC3=C4CC(C=C3)C=C4C3CCCCC3)c2)cs1. The minimum atomic E-state index is 0.626. The van der Waals surface area contributed by atoms with Crippen LogP contribution in [-0.4, -0.2) is 18.3 Å². The molecule has 1 aromatic carbocycles. The highest BCUT2D eigenvalue weighted by atomic mass is 32.2. The predicted octanol–water partition coefficient (Wildman–Crippen LogP) is 7.47. The van der Waals surface area contributed by atoms with E-state index in [1.807, 2.05) is 7.05 Å². The Hall–Kier alpha value is -2.31. The van der Waals surface area contributed by atoms with Crippen molar-refractivity contribution in [2.45, 2.75) is 45.4 Å². The number of aldehydes is 1. The summed E-state index contributed by atoms with van der Waals surface area (Å²) < 4.78 is 3.59. The van der Waals surface area contributed by atoms with Crippen molar-refractivity contribution in [2.75, 3.05) is 17.1 Å². The quantitative estimate of drug-likeness (QED) is 0.342. The molecule has 2 N–H and O–H groups in total. The van der Waals surface area contributed by atoms with Crippen LogP contribution < -0.4 is 10.0 Å². The summed E-state index contributed by atoms with van der Waals surface area (Å²) >= 11 is 3.40. The number of thiazole rings is 1. The van der Waals surface area contributed by atoms with Gasteiger partial charge in [-0.3, -0.25) is 0 Å². The van der Waals surface area contributed by atoms with Gasteiger partial charge in [0.25, 0.3) is 0 Å². The molecule has 6 heteroatoms. The van der Waals surface area contributed by atoms with Crippen molar-refractivity contribution in [3.05, 3.63) is 63.9 Å². The van der Waals surface area contributed by atoms with Crippen LogP contribution in [0.4, 0.5) is 10.8 Å². The van der Waals surface area contributed by atoms with E-state index in [0.29, 0.717) is 5.92 Å². The lowest BCUT2D eigenvalue weighted by Crippen LogP contribution is -2.10. The number of allylic oxidation sites excluding steroid dienone is 5. The zero-order chi connectivity index (χ0) is 22.3. The third-order valence-electron chi connectivity index (χ3n) is 6.17. The van der Waals surface area contributed by atoms with Crippen molar-refractivity contribution in [3.8, 4) is 11.3 Å². The number of nitrogens with one attached hydrogen (secondary N) is 2. The number of benzene rings is 1. The number of aromatic nitrogens is 1. The van der Waals surface area contributed by atoms with Gasteiger partial charge in [0.1, 0.15) is 6.29 Å². The Morgan fingerprint density at radius 1 is 1.22 bits per heavy atom. The monoisotopic (exact) mass is 465 g/mol. The van der Waals surface area contributed by atoms with E-state index in [9.17, 15) is 0 Å². The number of hydrogen-bond donors (Lipinski definition) is 2. The van der Waals surface area contributed by atoms with Crippen molar-refractivity contribution in [1.82, 2.24) is 4.98 Å². The van der Waals surface area contributed by atoms with Crippen molar-refractivity contribution < 1.29 is 4.79 Å². The standard InChI is InChI=1S/C24H27N3S2.C2H4O/c1-25-24-26-22(15-28-24)18-8-5-9-19(14-18)27-29-23-11-10-16-12-20(21(23)13-16)17-6-3-2-4-7-17;1-2-3/h5,8-12,14-17,27H,2-4,6-7,13H2,1H3,(H,25,26);2H,1H3. The zero-order valence-corrected chi connectivity index (χ0v) is 20.4. The molecule has 3 aliphatic rings. The highest BCUT2D eigenvalue weighted by Crippen LogP contribution is 2.47. The van der Waals surface area contributed by atoms with Gasteiger partial charge < -0.3 is 14.8 Å². The molecule has 0 radical (unpaired) electrons. The molecule has 0 saturated heterocycles. The molecule has 1 heterocycles. The molecule has 1 fully saturated rings. The van der Waals surface area contributed by atoms with E-state index in [1.54, 1.807) is 34.4 Å². The minimum Gasteiger partial charge on any atom is -0.365 e. The number of carbonyl (C=O) groups excluding carboxylic acids is 1. The van der Waals surface area contributed by atoms with Crippen LogP contribution in [-0.2, 0) is 4.79 Å². The lowest BCUT2D eigenvalue weighted by atomic mass is 9.82. The molecule has 0 aliphatic heterocycles. The van der Waals surface area contributed by atoms with Gasteiger partial charge in [0.2, 0.25) is 0 Å². The minimum absolute atomic E-state index is 0.626. The van der Waals surface area contributed by atoms with Gasteiger partial charge in [-0.1, -0.05) is 43.5 Å². The van der Waals surface area contributed by atoms with Crippen LogP contribution >= 0.6 is 23.3 Å². The van der Waals surface area contributed by atoms with Gasteiger partial charge in [-0.15, -0.1) is 11.3 Å². The molecule has 1 atom stereocenters. The Morgan fingerprint density at radius 2 is 2.03 bits per heavy atom. The summed E-state index contributed by atoms with van der Waals surface area (Å²) in [6.45, 7) is 1.44. The summed E-state index contributed by atoms with van der Waals surface area (Å²) in [5.41, 5.74) is 6.54. The fourth-order valence-corrected chi connectivity index (χ4v) is 6.20. The second-order valence-corrected chi connectivity index (χ2v) is 10.0. The average Bonchev–Trinajstić information content (AvgIpc) is 3.45. The van der Waals surface area contributed by atoms with E-state index in [-0.39, 0.29) is 0 Å². The van der Waals surface area contributed by atoms with E-state index in [0.717, 1.165) is 34.3 Å². The molecule has 5 rings (SSSR count). The Balaban J connectivity index is 0.000000775. The maximum absolute atomic E-state index is 8.81. The zero-order valence-electron chi connectivity index (χ0n) is 18.8. The van der Waals surface area contributed by atoms with E-state index in [1.165, 1.54) is 50.4 Å². The summed E-state index contributed by atoms with van der Waals surface area (Å²) in [4.78, 5) is 14.8. The molecule has 4 nitrogen and oxygen atoms in total. The first-order valence-electron chi connectivity index (χ1n) is 11.4. The summed E-state index contributed by atoms with van der Waals surface area (Å²) in [5.74, 6) is 1.41. The molecular weight excluding hydrogens is 434 g/mol. The topological polar surface area (TPSA) is 54.0 Å². The maximum atomic E-state index is 8.81. The second-order valence-electron chi connectivity index (χ2n) is 8.34. The fraction of sp³-hybridized carbons (Fsp3) is 0.385. The van der Waals surface area contributed by atoms with Gasteiger partial charge in [-0.2, -0.15) is 0 Å². The highest BCUT2D eigenvalue weighted by Gasteiger charge is 2.30. The summed E-state index contributed by atoms with van der Waals surface area (Å²) in [6.07, 6.45) is 16.2. The van der Waals surface area contributed by atoms with Gasteiger partial charge in [-0.25, -0.2) is 4.98 Å². The van der Waals surface area contributed by atoms with Crippen LogP contribution in [0.25, 0.3) is 11.3 Å². The van der Waals surface area contributed by atoms with Gasteiger partial charge >= 0.3 is 0 Å². The predicted molar refractivity (Wildman–Crippen MR) is 139 cm³/mol. The lowest BCUT2D eigenvalue weighted by molar-refractivity contribution is -0.106. The molecule has 3 aliphatic carbocycles. The maximum Gasteiger partial charge on any atom is 0.182 e. The normalized spacial score (nSPS) is 19.8. The second kappa shape index (κ2) is 11.0. The lowest BCUT2D eigenvalue weighted by Gasteiger charge is -2.25. The molecule has 32 heavy (non-hydrogen) atoms. The molecule has 0 amide bonds. The Labute approximate surface area is 199 Å². The van der Waals surface area contributed by atoms with Crippen molar-refractivity contribution in [2.24, 2.45) is 11.8 Å². The Morgan fingerprint density at radius 3 is 2.78 bits per heavy atom. The van der Waals surface area contributed by atoms with E-state index >= 15 is 0 Å². The van der Waals surface area contributed by atoms with Crippen LogP contribution in [0.5, 0.6) is 0 Å². The van der Waals surface area contributed by atoms with Crippen LogP contribution in [0.3, 0.4) is 0 Å². The van der Waals surface area contributed by atoms with Crippen molar-refractivity contribution >= 4 is 40.4 Å². The number of hydrogen-bond acceptors (Lipinski definition) is 6. The molecular formula is C26H31N3OS2. The number of nitrogens with zero attached hydrogens (tertiary/aromatic N) is 1. The number of rotatable bonds is 6. The Kier molecular flexibility index (Phi) is 7.87. The third-order valence-corrected chi connectivity index (χ3v) is 7.97. The van der Waals surface area contributed by atoms with Crippen LogP contribution in [0, 0.1) is 11.8 Å². The van der Waals surface area contributed by atoms with Gasteiger partial charge in [0.05, 0.1) is 5.69 Å². The summed E-state index contributed by atoms with van der Waals surface area (Å²) in [6, 6.07) is 8.55. The summed E-state index contributed by atoms with van der Waals surface area (Å²) in [5, 5.41) is 6.17. The third kappa shape index (κ3) is 5.36.